The van der Waals surface area contributed by atoms with Crippen molar-refractivity contribution in [2.45, 2.75) is 38.1 Å². The molecule has 0 amide bonds. The molecule has 21 heavy (non-hydrogen) atoms. The molecule has 3 rings (SSSR count). The lowest BCUT2D eigenvalue weighted by Crippen LogP contribution is -2.09. The largest absolute Gasteiger partial charge is 0.468 e. The molecule has 0 saturated heterocycles. The summed E-state index contributed by atoms with van der Waals surface area (Å²) in [5, 5.41) is 2.09. The molecule has 1 aliphatic carbocycles. The van der Waals surface area contributed by atoms with Crippen molar-refractivity contribution in [3.05, 3.63) is 16.3 Å². The zero-order valence-electron chi connectivity index (χ0n) is 12.4. The van der Waals surface area contributed by atoms with Gasteiger partial charge < -0.3 is 4.74 Å². The minimum absolute atomic E-state index is 0.220. The van der Waals surface area contributed by atoms with Gasteiger partial charge in [0, 0.05) is 10.3 Å². The minimum atomic E-state index is -0.220. The molecule has 1 aliphatic rings. The van der Waals surface area contributed by atoms with Crippen molar-refractivity contribution >= 4 is 39.3 Å². The average Bonchev–Trinajstić information content (AvgIpc) is 2.80. The normalized spacial score (nSPS) is 17.8. The summed E-state index contributed by atoms with van der Waals surface area (Å²) in [7, 11) is 1.41. The highest BCUT2D eigenvalue weighted by Gasteiger charge is 2.23. The van der Waals surface area contributed by atoms with E-state index in [-0.39, 0.29) is 5.97 Å². The first-order chi connectivity index (χ1) is 10.1. The maximum absolute atomic E-state index is 11.4. The number of methoxy groups -OCH3 is 1. The van der Waals surface area contributed by atoms with E-state index in [0.29, 0.717) is 5.75 Å². The van der Waals surface area contributed by atoms with Crippen LogP contribution in [0.3, 0.4) is 0 Å². The van der Waals surface area contributed by atoms with E-state index >= 15 is 0 Å². The summed E-state index contributed by atoms with van der Waals surface area (Å²) in [6.45, 7) is 4.21. The van der Waals surface area contributed by atoms with Crippen LogP contribution in [0.5, 0.6) is 0 Å². The van der Waals surface area contributed by atoms with Crippen molar-refractivity contribution in [1.29, 1.82) is 0 Å². The van der Waals surface area contributed by atoms with Crippen molar-refractivity contribution in [1.82, 2.24) is 9.97 Å². The molecule has 0 aromatic carbocycles. The number of nitrogens with zero attached hydrogens (tertiary/aromatic N) is 2. The second kappa shape index (κ2) is 5.93. The van der Waals surface area contributed by atoms with Gasteiger partial charge in [-0.15, -0.1) is 11.3 Å². The first kappa shape index (κ1) is 14.8. The predicted octanol–water partition coefficient (Wildman–Crippen LogP) is 3.39. The average molecular weight is 322 g/mol. The molecule has 0 aliphatic heterocycles. The summed E-state index contributed by atoms with van der Waals surface area (Å²) in [5.41, 5.74) is 1.40. The number of aromatic nitrogens is 2. The molecule has 4 nitrogen and oxygen atoms in total. The molecule has 2 heterocycles. The lowest BCUT2D eigenvalue weighted by atomic mass is 9.89. The minimum Gasteiger partial charge on any atom is -0.468 e. The van der Waals surface area contributed by atoms with Crippen molar-refractivity contribution in [2.24, 2.45) is 5.92 Å². The SMILES string of the molecule is COC(=O)CSc1nc(C)nc2sc3c(c12)CC[C@@H](C)C3. The molecule has 112 valence electrons. The Morgan fingerprint density at radius 3 is 3.05 bits per heavy atom. The Balaban J connectivity index is 2.04. The van der Waals surface area contributed by atoms with E-state index < -0.39 is 0 Å². The Labute approximate surface area is 132 Å². The van der Waals surface area contributed by atoms with Gasteiger partial charge in [0.1, 0.15) is 15.7 Å². The number of esters is 1. The van der Waals surface area contributed by atoms with Gasteiger partial charge in [-0.3, -0.25) is 4.79 Å². The van der Waals surface area contributed by atoms with Gasteiger partial charge >= 0.3 is 5.97 Å². The first-order valence-electron chi connectivity index (χ1n) is 7.07. The highest BCUT2D eigenvalue weighted by molar-refractivity contribution is 8.00. The number of rotatable bonds is 3. The third-order valence-electron chi connectivity index (χ3n) is 3.79. The third kappa shape index (κ3) is 2.92. The lowest BCUT2D eigenvalue weighted by Gasteiger charge is -2.18. The standard InChI is InChI=1S/C15H18N2O2S2/c1-8-4-5-10-11(6-8)21-15-13(10)14(16-9(2)17-15)20-7-12(18)19-3/h8H,4-7H2,1-3H3/t8-/m1/s1. The molecule has 6 heteroatoms. The molecule has 2 aromatic heterocycles. The maximum Gasteiger partial charge on any atom is 0.316 e. The fourth-order valence-corrected chi connectivity index (χ4v) is 5.13. The fraction of sp³-hybridized carbons (Fsp3) is 0.533. The van der Waals surface area contributed by atoms with Crippen LogP contribution in [0.2, 0.25) is 0 Å². The Morgan fingerprint density at radius 1 is 1.48 bits per heavy atom. The number of fused-ring (bicyclic) bond motifs is 3. The summed E-state index contributed by atoms with van der Waals surface area (Å²) < 4.78 is 4.72. The van der Waals surface area contributed by atoms with Crippen LogP contribution in [0, 0.1) is 12.8 Å². The quantitative estimate of drug-likeness (QED) is 0.492. The summed E-state index contributed by atoms with van der Waals surface area (Å²) in [6.07, 6.45) is 3.44. The Morgan fingerprint density at radius 2 is 2.29 bits per heavy atom. The molecule has 0 fully saturated rings. The number of carbonyl (C=O) groups is 1. The predicted molar refractivity (Wildman–Crippen MR) is 86.1 cm³/mol. The van der Waals surface area contributed by atoms with E-state index in [1.165, 1.54) is 41.1 Å². The lowest BCUT2D eigenvalue weighted by molar-refractivity contribution is -0.137. The van der Waals surface area contributed by atoms with Crippen molar-refractivity contribution in [2.75, 3.05) is 12.9 Å². The molecule has 0 bridgehead atoms. The molecule has 0 spiro atoms. The van der Waals surface area contributed by atoms with Gasteiger partial charge in [0.25, 0.3) is 0 Å². The molecule has 1 atom stereocenters. The highest BCUT2D eigenvalue weighted by atomic mass is 32.2. The van der Waals surface area contributed by atoms with Gasteiger partial charge in [0.2, 0.25) is 0 Å². The molecule has 0 saturated carbocycles. The molecule has 0 radical (unpaired) electrons. The van der Waals surface area contributed by atoms with E-state index in [1.807, 2.05) is 6.92 Å². The first-order valence-corrected chi connectivity index (χ1v) is 8.87. The summed E-state index contributed by atoms with van der Waals surface area (Å²) in [6, 6.07) is 0. The van der Waals surface area contributed by atoms with E-state index in [1.54, 1.807) is 11.3 Å². The molecule has 0 unspecified atom stereocenters. The van der Waals surface area contributed by atoms with Gasteiger partial charge in [0.05, 0.1) is 12.9 Å². The van der Waals surface area contributed by atoms with Gasteiger partial charge in [0.15, 0.2) is 0 Å². The third-order valence-corrected chi connectivity index (χ3v) is 5.89. The van der Waals surface area contributed by atoms with Crippen molar-refractivity contribution in [3.8, 4) is 0 Å². The van der Waals surface area contributed by atoms with E-state index in [9.17, 15) is 4.79 Å². The number of aryl methyl sites for hydroxylation is 2. The zero-order chi connectivity index (χ0) is 15.0. The van der Waals surface area contributed by atoms with Crippen molar-refractivity contribution < 1.29 is 9.53 Å². The summed E-state index contributed by atoms with van der Waals surface area (Å²) in [4.78, 5) is 23.1. The summed E-state index contributed by atoms with van der Waals surface area (Å²) >= 11 is 3.25. The van der Waals surface area contributed by atoms with E-state index in [2.05, 4.69) is 16.9 Å². The second-order valence-electron chi connectivity index (χ2n) is 5.47. The Kier molecular flexibility index (Phi) is 4.17. The van der Waals surface area contributed by atoms with Crippen molar-refractivity contribution in [3.63, 3.8) is 0 Å². The van der Waals surface area contributed by atoms with Crippen LogP contribution in [0.1, 0.15) is 29.6 Å². The van der Waals surface area contributed by atoms with Crippen LogP contribution in [-0.2, 0) is 22.4 Å². The smallest absolute Gasteiger partial charge is 0.316 e. The Hall–Kier alpha value is -1.14. The second-order valence-corrected chi connectivity index (χ2v) is 7.52. The van der Waals surface area contributed by atoms with E-state index in [0.717, 1.165) is 34.4 Å². The molecular formula is C15H18N2O2S2. The van der Waals surface area contributed by atoms with Crippen LogP contribution in [-0.4, -0.2) is 28.8 Å². The number of thioether (sulfide) groups is 1. The number of hydrogen-bond donors (Lipinski definition) is 0. The van der Waals surface area contributed by atoms with Crippen LogP contribution in [0.25, 0.3) is 10.2 Å². The monoisotopic (exact) mass is 322 g/mol. The number of hydrogen-bond acceptors (Lipinski definition) is 6. The summed E-state index contributed by atoms with van der Waals surface area (Å²) in [5.74, 6) is 1.58. The van der Waals surface area contributed by atoms with Gasteiger partial charge in [-0.05, 0) is 37.7 Å². The number of thiophene rings is 1. The molecule has 0 N–H and O–H groups in total. The van der Waals surface area contributed by atoms with Gasteiger partial charge in [-0.25, -0.2) is 9.97 Å². The van der Waals surface area contributed by atoms with E-state index in [4.69, 9.17) is 4.74 Å². The fourth-order valence-electron chi connectivity index (χ4n) is 2.70. The van der Waals surface area contributed by atoms with Gasteiger partial charge in [-0.2, -0.15) is 0 Å². The Bertz CT molecular complexity index is 697. The topological polar surface area (TPSA) is 52.1 Å². The van der Waals surface area contributed by atoms with Crippen LogP contribution >= 0.6 is 23.1 Å². The zero-order valence-corrected chi connectivity index (χ0v) is 14.1. The van der Waals surface area contributed by atoms with Gasteiger partial charge in [-0.1, -0.05) is 18.7 Å². The number of ether oxygens (including phenoxy) is 1. The molecular weight excluding hydrogens is 304 g/mol. The highest BCUT2D eigenvalue weighted by Crippen LogP contribution is 2.40. The number of carbonyl (C=O) groups excluding carboxylic acids is 1. The van der Waals surface area contributed by atoms with Crippen LogP contribution in [0.15, 0.2) is 5.03 Å². The maximum atomic E-state index is 11.4. The molecule has 2 aromatic rings. The van der Waals surface area contributed by atoms with Crippen LogP contribution in [0.4, 0.5) is 0 Å². The van der Waals surface area contributed by atoms with Crippen LogP contribution < -0.4 is 0 Å².